The third kappa shape index (κ3) is 1.48. The molecule has 0 bridgehead atoms. The summed E-state index contributed by atoms with van der Waals surface area (Å²) in [7, 11) is 0. The van der Waals surface area contributed by atoms with E-state index >= 15 is 0 Å². The average molecular weight is 210 g/mol. The van der Waals surface area contributed by atoms with E-state index in [2.05, 4.69) is 36.5 Å². The fourth-order valence-corrected chi connectivity index (χ4v) is 3.42. The van der Waals surface area contributed by atoms with Gasteiger partial charge in [0.15, 0.2) is 0 Å². The average Bonchev–Trinajstić information content (AvgIpc) is 2.71. The van der Waals surface area contributed by atoms with Gasteiger partial charge in [0.25, 0.3) is 0 Å². The molecule has 2 heterocycles. The van der Waals surface area contributed by atoms with E-state index in [9.17, 15) is 0 Å². The first-order valence-corrected chi connectivity index (χ1v) is 6.11. The molecule has 1 aromatic heterocycles. The van der Waals surface area contributed by atoms with Crippen LogP contribution >= 0.6 is 11.5 Å². The Bertz CT molecular complexity index is 311. The van der Waals surface area contributed by atoms with Gasteiger partial charge in [0.05, 0.1) is 11.2 Å². The highest BCUT2D eigenvalue weighted by atomic mass is 32.1. The molecule has 1 unspecified atom stereocenters. The predicted molar refractivity (Wildman–Crippen MR) is 60.6 cm³/mol. The zero-order valence-electron chi connectivity index (χ0n) is 9.13. The number of nitrogens with zero attached hydrogens (tertiary/aromatic N) is 1. The Morgan fingerprint density at radius 3 is 2.79 bits per heavy atom. The number of hydrogen-bond acceptors (Lipinski definition) is 3. The molecule has 0 amide bonds. The second-order valence-electron chi connectivity index (χ2n) is 4.49. The van der Waals surface area contributed by atoms with Crippen molar-refractivity contribution in [3.8, 4) is 0 Å². The molecule has 1 aliphatic rings. The van der Waals surface area contributed by atoms with Crippen molar-refractivity contribution < 1.29 is 0 Å². The van der Waals surface area contributed by atoms with E-state index in [1.807, 2.05) is 0 Å². The summed E-state index contributed by atoms with van der Waals surface area (Å²) in [5.74, 6) is 0.643. The van der Waals surface area contributed by atoms with Gasteiger partial charge in [-0.05, 0) is 49.8 Å². The molecule has 3 heteroatoms. The first-order chi connectivity index (χ1) is 6.65. The summed E-state index contributed by atoms with van der Waals surface area (Å²) < 4.78 is 4.39. The quantitative estimate of drug-likeness (QED) is 0.812. The Morgan fingerprint density at radius 2 is 2.36 bits per heavy atom. The summed E-state index contributed by atoms with van der Waals surface area (Å²) in [6, 6.07) is 2.24. The van der Waals surface area contributed by atoms with Gasteiger partial charge < -0.3 is 5.32 Å². The monoisotopic (exact) mass is 210 g/mol. The molecule has 0 aromatic carbocycles. The van der Waals surface area contributed by atoms with E-state index in [0.29, 0.717) is 5.92 Å². The largest absolute Gasteiger partial charge is 0.306 e. The van der Waals surface area contributed by atoms with Crippen molar-refractivity contribution in [1.29, 1.82) is 0 Å². The number of aromatic nitrogens is 1. The highest BCUT2D eigenvalue weighted by Gasteiger charge is 2.39. The highest BCUT2D eigenvalue weighted by Crippen LogP contribution is 2.39. The molecule has 78 valence electrons. The summed E-state index contributed by atoms with van der Waals surface area (Å²) in [5.41, 5.74) is 1.37. The first-order valence-electron chi connectivity index (χ1n) is 5.34. The second kappa shape index (κ2) is 3.63. The van der Waals surface area contributed by atoms with Crippen molar-refractivity contribution in [3.05, 3.63) is 16.6 Å². The fourth-order valence-electron chi connectivity index (χ4n) is 2.33. The fraction of sp³-hybridized carbons (Fsp3) is 0.727. The standard InChI is InChI=1S/C11H18N2S/c1-8(2)11(5-4-6-12-11)10-7-9(3)13-14-10/h7-8,12H,4-6H2,1-3H3. The molecule has 2 rings (SSSR count). The van der Waals surface area contributed by atoms with Crippen molar-refractivity contribution in [1.82, 2.24) is 9.69 Å². The van der Waals surface area contributed by atoms with Crippen molar-refractivity contribution in [2.75, 3.05) is 6.54 Å². The maximum Gasteiger partial charge on any atom is 0.0568 e. The molecular formula is C11H18N2S. The normalized spacial score (nSPS) is 27.4. The first kappa shape index (κ1) is 10.1. The van der Waals surface area contributed by atoms with Crippen molar-refractivity contribution in [2.45, 2.75) is 39.2 Å². The molecule has 1 atom stereocenters. The van der Waals surface area contributed by atoms with Crippen LogP contribution in [0.3, 0.4) is 0 Å². The van der Waals surface area contributed by atoms with Gasteiger partial charge in [0.2, 0.25) is 0 Å². The van der Waals surface area contributed by atoms with Crippen LogP contribution in [0.4, 0.5) is 0 Å². The van der Waals surface area contributed by atoms with E-state index in [0.717, 1.165) is 12.2 Å². The zero-order valence-corrected chi connectivity index (χ0v) is 9.95. The van der Waals surface area contributed by atoms with E-state index in [1.54, 1.807) is 11.5 Å². The number of nitrogens with one attached hydrogen (secondary N) is 1. The topological polar surface area (TPSA) is 24.9 Å². The summed E-state index contributed by atoms with van der Waals surface area (Å²) in [6.45, 7) is 7.82. The Labute approximate surface area is 89.9 Å². The third-order valence-corrected chi connectivity index (χ3v) is 4.30. The highest BCUT2D eigenvalue weighted by molar-refractivity contribution is 7.06. The van der Waals surface area contributed by atoms with Crippen LogP contribution < -0.4 is 5.32 Å². The molecule has 0 radical (unpaired) electrons. The Hall–Kier alpha value is -0.410. The summed E-state index contributed by atoms with van der Waals surface area (Å²) >= 11 is 1.66. The van der Waals surface area contributed by atoms with E-state index < -0.39 is 0 Å². The van der Waals surface area contributed by atoms with Crippen molar-refractivity contribution in [3.63, 3.8) is 0 Å². The predicted octanol–water partition coefficient (Wildman–Crippen LogP) is 2.69. The molecule has 1 N–H and O–H groups in total. The molecule has 1 saturated heterocycles. The SMILES string of the molecule is Cc1cc(C2(C(C)C)CCCN2)sn1. The van der Waals surface area contributed by atoms with Gasteiger partial charge in [-0.2, -0.15) is 4.37 Å². The Kier molecular flexibility index (Phi) is 2.62. The molecule has 2 nitrogen and oxygen atoms in total. The Morgan fingerprint density at radius 1 is 1.57 bits per heavy atom. The number of hydrogen-bond donors (Lipinski definition) is 1. The van der Waals surface area contributed by atoms with Gasteiger partial charge in [-0.1, -0.05) is 13.8 Å². The summed E-state index contributed by atoms with van der Waals surface area (Å²) in [4.78, 5) is 1.42. The third-order valence-electron chi connectivity index (χ3n) is 3.24. The lowest BCUT2D eigenvalue weighted by Gasteiger charge is -2.32. The smallest absolute Gasteiger partial charge is 0.0568 e. The van der Waals surface area contributed by atoms with Crippen LogP contribution in [0.1, 0.15) is 37.3 Å². The molecule has 1 fully saturated rings. The molecule has 1 aromatic rings. The lowest BCUT2D eigenvalue weighted by molar-refractivity contribution is 0.283. The number of aryl methyl sites for hydroxylation is 1. The van der Waals surface area contributed by atoms with Gasteiger partial charge in [-0.3, -0.25) is 0 Å². The van der Waals surface area contributed by atoms with E-state index in [4.69, 9.17) is 0 Å². The minimum Gasteiger partial charge on any atom is -0.306 e. The lowest BCUT2D eigenvalue weighted by Crippen LogP contribution is -2.40. The molecular weight excluding hydrogens is 192 g/mol. The van der Waals surface area contributed by atoms with Gasteiger partial charge in [-0.25, -0.2) is 0 Å². The molecule has 0 saturated carbocycles. The van der Waals surface area contributed by atoms with Crippen LogP contribution in [0.25, 0.3) is 0 Å². The maximum absolute atomic E-state index is 4.39. The van der Waals surface area contributed by atoms with Crippen molar-refractivity contribution in [2.24, 2.45) is 5.92 Å². The van der Waals surface area contributed by atoms with Gasteiger partial charge in [0, 0.05) is 4.88 Å². The second-order valence-corrected chi connectivity index (χ2v) is 5.29. The van der Waals surface area contributed by atoms with Crippen molar-refractivity contribution >= 4 is 11.5 Å². The summed E-state index contributed by atoms with van der Waals surface area (Å²) in [5, 5.41) is 3.67. The van der Waals surface area contributed by atoms with Gasteiger partial charge >= 0.3 is 0 Å². The van der Waals surface area contributed by atoms with E-state index in [-0.39, 0.29) is 5.54 Å². The van der Waals surface area contributed by atoms with Crippen LogP contribution in [0.5, 0.6) is 0 Å². The molecule has 0 spiro atoms. The van der Waals surface area contributed by atoms with Crippen LogP contribution in [0.2, 0.25) is 0 Å². The molecule has 0 aliphatic carbocycles. The minimum atomic E-state index is 0.214. The van der Waals surface area contributed by atoms with Crippen LogP contribution in [-0.2, 0) is 5.54 Å². The van der Waals surface area contributed by atoms with Gasteiger partial charge in [0.1, 0.15) is 0 Å². The lowest BCUT2D eigenvalue weighted by atomic mass is 9.83. The van der Waals surface area contributed by atoms with Crippen LogP contribution in [0, 0.1) is 12.8 Å². The van der Waals surface area contributed by atoms with Gasteiger partial charge in [-0.15, -0.1) is 0 Å². The zero-order chi connectivity index (χ0) is 10.2. The minimum absolute atomic E-state index is 0.214. The number of rotatable bonds is 2. The molecule has 1 aliphatic heterocycles. The maximum atomic E-state index is 4.39. The van der Waals surface area contributed by atoms with Crippen LogP contribution in [0.15, 0.2) is 6.07 Å². The Balaban J connectivity index is 2.36. The van der Waals surface area contributed by atoms with Crippen LogP contribution in [-0.4, -0.2) is 10.9 Å². The molecule has 14 heavy (non-hydrogen) atoms. The van der Waals surface area contributed by atoms with E-state index in [1.165, 1.54) is 17.7 Å². The summed E-state index contributed by atoms with van der Waals surface area (Å²) in [6.07, 6.45) is 2.54.